The molecule has 146 valence electrons. The first-order valence-corrected chi connectivity index (χ1v) is 9.79. The van der Waals surface area contributed by atoms with Gasteiger partial charge in [0.2, 0.25) is 5.91 Å². The van der Waals surface area contributed by atoms with E-state index in [1.54, 1.807) is 0 Å². The molecule has 4 aromatic rings. The topological polar surface area (TPSA) is 61.0 Å². The molecule has 0 unspecified atom stereocenters. The van der Waals surface area contributed by atoms with Crippen molar-refractivity contribution in [2.75, 3.05) is 18.4 Å². The smallest absolute Gasteiger partial charge is 0.246 e. The number of carbonyl (C=O) groups is 1. The molecule has 2 aromatic carbocycles. The van der Waals surface area contributed by atoms with E-state index >= 15 is 0 Å². The molecule has 1 amide bonds. The zero-order valence-electron chi connectivity index (χ0n) is 16.3. The van der Waals surface area contributed by atoms with Crippen molar-refractivity contribution in [3.63, 3.8) is 0 Å². The summed E-state index contributed by atoms with van der Waals surface area (Å²) in [6.07, 6.45) is 5.96. The number of para-hydroxylation sites is 1. The molecule has 0 aliphatic carbocycles. The second kappa shape index (κ2) is 8.61. The highest BCUT2D eigenvalue weighted by Crippen LogP contribution is 2.21. The SMILES string of the molecule is C=CC(=O)N(CCCNc1ccnc2ccccc12)Cc1ccc2[nH]ccc2c1. The number of fused-ring (bicyclic) bond motifs is 2. The Bertz CT molecular complexity index is 1140. The third kappa shape index (κ3) is 4.29. The van der Waals surface area contributed by atoms with Crippen molar-refractivity contribution in [1.82, 2.24) is 14.9 Å². The maximum Gasteiger partial charge on any atom is 0.246 e. The Hall–Kier alpha value is -3.60. The van der Waals surface area contributed by atoms with Gasteiger partial charge in [-0.05, 0) is 53.8 Å². The van der Waals surface area contributed by atoms with Gasteiger partial charge in [0.15, 0.2) is 0 Å². The molecule has 0 saturated carbocycles. The largest absolute Gasteiger partial charge is 0.384 e. The summed E-state index contributed by atoms with van der Waals surface area (Å²) in [4.78, 5) is 21.8. The summed E-state index contributed by atoms with van der Waals surface area (Å²) in [6, 6.07) is 18.3. The number of rotatable bonds is 8. The quantitative estimate of drug-likeness (QED) is 0.341. The Labute approximate surface area is 170 Å². The van der Waals surface area contributed by atoms with Crippen LogP contribution in [-0.4, -0.2) is 33.9 Å². The van der Waals surface area contributed by atoms with Crippen LogP contribution in [0.3, 0.4) is 0 Å². The standard InChI is InChI=1S/C24H24N4O/c1-2-24(29)28(17-18-8-9-21-19(16-18)10-13-26-21)15-5-12-25-23-11-14-27-22-7-4-3-6-20(22)23/h2-4,6-11,13-14,16,26H,1,5,12,15,17H2,(H,25,27). The second-order valence-corrected chi connectivity index (χ2v) is 7.02. The average Bonchev–Trinajstić information content (AvgIpc) is 3.23. The van der Waals surface area contributed by atoms with Crippen molar-refractivity contribution < 1.29 is 4.79 Å². The summed E-state index contributed by atoms with van der Waals surface area (Å²) in [6.45, 7) is 5.66. The molecule has 0 radical (unpaired) electrons. The van der Waals surface area contributed by atoms with Crippen LogP contribution in [0.5, 0.6) is 0 Å². The molecule has 0 aliphatic rings. The van der Waals surface area contributed by atoms with Gasteiger partial charge in [-0.25, -0.2) is 0 Å². The monoisotopic (exact) mass is 384 g/mol. The number of benzene rings is 2. The number of aromatic nitrogens is 2. The van der Waals surface area contributed by atoms with Crippen LogP contribution in [0.15, 0.2) is 79.6 Å². The maximum atomic E-state index is 12.3. The van der Waals surface area contributed by atoms with Crippen molar-refractivity contribution in [2.24, 2.45) is 0 Å². The van der Waals surface area contributed by atoms with E-state index in [4.69, 9.17) is 0 Å². The molecule has 0 atom stereocenters. The van der Waals surface area contributed by atoms with E-state index in [1.807, 2.05) is 47.6 Å². The Morgan fingerprint density at radius 2 is 2.07 bits per heavy atom. The number of carbonyl (C=O) groups excluding carboxylic acids is 1. The van der Waals surface area contributed by atoms with Crippen LogP contribution in [0.4, 0.5) is 5.69 Å². The number of H-pyrrole nitrogens is 1. The van der Waals surface area contributed by atoms with Crippen LogP contribution < -0.4 is 5.32 Å². The van der Waals surface area contributed by atoms with Crippen LogP contribution >= 0.6 is 0 Å². The number of aromatic amines is 1. The lowest BCUT2D eigenvalue weighted by Gasteiger charge is -2.22. The number of amides is 1. The summed E-state index contributed by atoms with van der Waals surface area (Å²) in [7, 11) is 0. The highest BCUT2D eigenvalue weighted by molar-refractivity contribution is 5.91. The number of hydrogen-bond donors (Lipinski definition) is 2. The summed E-state index contributed by atoms with van der Waals surface area (Å²) >= 11 is 0. The molecule has 2 aromatic heterocycles. The summed E-state index contributed by atoms with van der Waals surface area (Å²) in [5, 5.41) is 5.73. The van der Waals surface area contributed by atoms with Crippen molar-refractivity contribution in [3.05, 3.63) is 85.2 Å². The van der Waals surface area contributed by atoms with Crippen molar-refractivity contribution in [2.45, 2.75) is 13.0 Å². The maximum absolute atomic E-state index is 12.3. The highest BCUT2D eigenvalue weighted by atomic mass is 16.2. The molecule has 0 bridgehead atoms. The van der Waals surface area contributed by atoms with Gasteiger partial charge in [0.25, 0.3) is 0 Å². The summed E-state index contributed by atoms with van der Waals surface area (Å²) in [5.41, 5.74) is 4.25. The molecule has 0 saturated heterocycles. The Kier molecular flexibility index (Phi) is 5.56. The molecule has 2 N–H and O–H groups in total. The minimum atomic E-state index is -0.0477. The minimum absolute atomic E-state index is 0.0477. The van der Waals surface area contributed by atoms with Crippen LogP contribution in [0.2, 0.25) is 0 Å². The van der Waals surface area contributed by atoms with Gasteiger partial charge < -0.3 is 15.2 Å². The Morgan fingerprint density at radius 3 is 2.97 bits per heavy atom. The van der Waals surface area contributed by atoms with E-state index in [-0.39, 0.29) is 5.91 Å². The number of hydrogen-bond acceptors (Lipinski definition) is 3. The number of anilines is 1. The summed E-state index contributed by atoms with van der Waals surface area (Å²) < 4.78 is 0. The molecule has 29 heavy (non-hydrogen) atoms. The lowest BCUT2D eigenvalue weighted by molar-refractivity contribution is -0.126. The first-order chi connectivity index (χ1) is 14.2. The molecule has 0 aliphatic heterocycles. The molecule has 0 fully saturated rings. The Morgan fingerprint density at radius 1 is 1.17 bits per heavy atom. The van der Waals surface area contributed by atoms with Crippen molar-refractivity contribution >= 4 is 33.4 Å². The molecule has 5 heteroatoms. The van der Waals surface area contributed by atoms with Crippen LogP contribution in [0.1, 0.15) is 12.0 Å². The Balaban J connectivity index is 1.38. The number of pyridine rings is 1. The fourth-order valence-electron chi connectivity index (χ4n) is 3.56. The number of nitrogens with zero attached hydrogens (tertiary/aromatic N) is 2. The van der Waals surface area contributed by atoms with Gasteiger partial charge in [0.1, 0.15) is 0 Å². The molecular formula is C24H24N4O. The number of nitrogens with one attached hydrogen (secondary N) is 2. The van der Waals surface area contributed by atoms with Gasteiger partial charge in [-0.15, -0.1) is 0 Å². The van der Waals surface area contributed by atoms with Gasteiger partial charge in [-0.2, -0.15) is 0 Å². The zero-order chi connectivity index (χ0) is 20.1. The predicted molar refractivity (Wildman–Crippen MR) is 119 cm³/mol. The van der Waals surface area contributed by atoms with E-state index in [0.29, 0.717) is 13.1 Å². The fraction of sp³-hybridized carbons (Fsp3) is 0.167. The van der Waals surface area contributed by atoms with E-state index in [1.165, 1.54) is 6.08 Å². The normalized spacial score (nSPS) is 10.9. The summed E-state index contributed by atoms with van der Waals surface area (Å²) in [5.74, 6) is -0.0477. The third-order valence-electron chi connectivity index (χ3n) is 5.05. The van der Waals surface area contributed by atoms with Gasteiger partial charge >= 0.3 is 0 Å². The lowest BCUT2D eigenvalue weighted by atomic mass is 10.1. The molecule has 2 heterocycles. The van der Waals surface area contributed by atoms with Crippen LogP contribution in [-0.2, 0) is 11.3 Å². The van der Waals surface area contributed by atoms with E-state index < -0.39 is 0 Å². The van der Waals surface area contributed by atoms with Gasteiger partial charge in [0.05, 0.1) is 5.52 Å². The van der Waals surface area contributed by atoms with Crippen molar-refractivity contribution in [3.8, 4) is 0 Å². The van der Waals surface area contributed by atoms with E-state index in [0.717, 1.165) is 46.0 Å². The fourth-order valence-corrected chi connectivity index (χ4v) is 3.56. The molecule has 5 nitrogen and oxygen atoms in total. The first kappa shape index (κ1) is 18.7. The predicted octanol–water partition coefficient (Wildman–Crippen LogP) is 4.73. The minimum Gasteiger partial charge on any atom is -0.384 e. The van der Waals surface area contributed by atoms with Crippen LogP contribution in [0, 0.1) is 0 Å². The molecule has 4 rings (SSSR count). The average molecular weight is 384 g/mol. The van der Waals surface area contributed by atoms with Crippen molar-refractivity contribution in [1.29, 1.82) is 0 Å². The third-order valence-corrected chi connectivity index (χ3v) is 5.05. The van der Waals surface area contributed by atoms with E-state index in [9.17, 15) is 4.79 Å². The second-order valence-electron chi connectivity index (χ2n) is 7.02. The highest BCUT2D eigenvalue weighted by Gasteiger charge is 2.11. The lowest BCUT2D eigenvalue weighted by Crippen LogP contribution is -2.30. The molecular weight excluding hydrogens is 360 g/mol. The molecule has 0 spiro atoms. The van der Waals surface area contributed by atoms with E-state index in [2.05, 4.69) is 46.1 Å². The van der Waals surface area contributed by atoms with Gasteiger partial charge in [-0.3, -0.25) is 9.78 Å². The first-order valence-electron chi connectivity index (χ1n) is 9.79. The van der Waals surface area contributed by atoms with Gasteiger partial charge in [-0.1, -0.05) is 30.8 Å². The van der Waals surface area contributed by atoms with Gasteiger partial charge in [0, 0.05) is 48.6 Å². The van der Waals surface area contributed by atoms with Crippen LogP contribution in [0.25, 0.3) is 21.8 Å². The zero-order valence-corrected chi connectivity index (χ0v) is 16.3.